The molecule has 0 saturated heterocycles. The molecule has 0 aromatic carbocycles. The van der Waals surface area contributed by atoms with Crippen molar-refractivity contribution < 1.29 is 0 Å². The minimum atomic E-state index is -0.891. The van der Waals surface area contributed by atoms with Crippen LogP contribution in [0, 0.1) is 0 Å². The molecule has 0 spiro atoms. The van der Waals surface area contributed by atoms with Crippen LogP contribution in [0.3, 0.4) is 0 Å². The summed E-state index contributed by atoms with van der Waals surface area (Å²) in [6.07, 6.45) is 22.4. The average Bonchev–Trinajstić information content (AvgIpc) is 2.53. The van der Waals surface area contributed by atoms with E-state index in [2.05, 4.69) is 20.8 Å². The van der Waals surface area contributed by atoms with E-state index in [-0.39, 0.29) is 0 Å². The van der Waals surface area contributed by atoms with Gasteiger partial charge in [0.2, 0.25) is 0 Å². The fraction of sp³-hybridized carbons (Fsp3) is 1.00. The Balaban J connectivity index is 3.72. The monoisotopic (exact) mass is 366 g/mol. The molecule has 0 aliphatic heterocycles. The molecule has 0 N–H and O–H groups in total. The van der Waals surface area contributed by atoms with Gasteiger partial charge in [0, 0.05) is 0 Å². The second kappa shape index (κ2) is 19.7. The molecular weight excluding hydrogens is 322 g/mol. The van der Waals surface area contributed by atoms with E-state index in [1.807, 2.05) is 0 Å². The first-order valence-electron chi connectivity index (χ1n) is 10.8. The molecule has 0 bridgehead atoms. The Morgan fingerprint density at radius 1 is 0.364 bits per heavy atom. The average molecular weight is 367 g/mol. The third-order valence-electron chi connectivity index (χ3n) is 5.15. The zero-order chi connectivity index (χ0) is 16.3. The number of unbranched alkanes of at least 4 members (excludes halogenated alkanes) is 12. The van der Waals surface area contributed by atoms with Crippen molar-refractivity contribution in [2.45, 2.75) is 132 Å². The van der Waals surface area contributed by atoms with Gasteiger partial charge in [0.15, 0.2) is 0 Å². The third kappa shape index (κ3) is 17.0. The number of hydrogen-bond acceptors (Lipinski definition) is 0. The molecule has 0 aromatic rings. The summed E-state index contributed by atoms with van der Waals surface area (Å²) in [7, 11) is 0. The molecule has 0 saturated carbocycles. The molecule has 132 valence electrons. The Morgan fingerprint density at radius 3 is 0.909 bits per heavy atom. The van der Waals surface area contributed by atoms with Crippen LogP contribution in [-0.2, 0) is 0 Å². The second-order valence-corrected chi connectivity index (χ2v) is 14.7. The predicted molar refractivity (Wildman–Crippen MR) is 106 cm³/mol. The third-order valence-corrected chi connectivity index (χ3v) is 12.9. The molecule has 0 fully saturated rings. The predicted octanol–water partition coefficient (Wildman–Crippen LogP) is 8.39. The summed E-state index contributed by atoms with van der Waals surface area (Å²) in [5.74, 6) is 0. The van der Waals surface area contributed by atoms with Crippen LogP contribution in [0.4, 0.5) is 0 Å². The van der Waals surface area contributed by atoms with E-state index >= 15 is 0 Å². The van der Waals surface area contributed by atoms with Gasteiger partial charge in [-0.25, -0.2) is 0 Å². The van der Waals surface area contributed by atoms with Crippen molar-refractivity contribution in [1.82, 2.24) is 0 Å². The molecule has 0 aromatic heterocycles. The van der Waals surface area contributed by atoms with E-state index in [9.17, 15) is 0 Å². The van der Waals surface area contributed by atoms with Gasteiger partial charge >= 0.3 is 148 Å². The summed E-state index contributed by atoms with van der Waals surface area (Å²) >= 11 is -0.891. The molecule has 0 heterocycles. The maximum atomic E-state index is 2.33. The molecule has 0 atom stereocenters. The summed E-state index contributed by atoms with van der Waals surface area (Å²) in [5.41, 5.74) is 0. The minimum absolute atomic E-state index is 0.891. The van der Waals surface area contributed by atoms with Crippen molar-refractivity contribution in [2.24, 2.45) is 0 Å². The second-order valence-electron chi connectivity index (χ2n) is 7.47. The maximum absolute atomic E-state index is 2.33. The molecule has 0 radical (unpaired) electrons. The van der Waals surface area contributed by atoms with Crippen molar-refractivity contribution in [3.63, 3.8) is 0 Å². The summed E-state index contributed by atoms with van der Waals surface area (Å²) in [6, 6.07) is 0. The van der Waals surface area contributed by atoms with Crippen LogP contribution in [-0.4, -0.2) is 16.2 Å². The molecule has 0 aliphatic rings. The first kappa shape index (κ1) is 22.6. The summed E-state index contributed by atoms with van der Waals surface area (Å²) in [5, 5.41) is 0. The van der Waals surface area contributed by atoms with E-state index in [1.165, 1.54) is 77.0 Å². The summed E-state index contributed by atoms with van der Waals surface area (Å²) in [4.78, 5) is 5.12. The van der Waals surface area contributed by atoms with Gasteiger partial charge in [-0.1, -0.05) is 0 Å². The molecule has 22 heavy (non-hydrogen) atoms. The standard InChI is InChI=1S/3C7H15.Ga/c3*1-3-5-7-6-4-2;/h3*1,3-7H2,2H3;. The molecule has 0 amide bonds. The Kier molecular flexibility index (Phi) is 20.3. The first-order chi connectivity index (χ1) is 10.8. The van der Waals surface area contributed by atoms with Crippen LogP contribution in [0.25, 0.3) is 0 Å². The van der Waals surface area contributed by atoms with E-state index in [1.54, 1.807) is 34.2 Å². The quantitative estimate of drug-likeness (QED) is 0.168. The van der Waals surface area contributed by atoms with Crippen LogP contribution in [0.5, 0.6) is 0 Å². The topological polar surface area (TPSA) is 0 Å². The zero-order valence-corrected chi connectivity index (χ0v) is 18.7. The van der Waals surface area contributed by atoms with E-state index < -0.39 is 16.2 Å². The molecule has 0 nitrogen and oxygen atoms in total. The fourth-order valence-electron chi connectivity index (χ4n) is 3.54. The van der Waals surface area contributed by atoms with E-state index in [0.29, 0.717) is 0 Å². The van der Waals surface area contributed by atoms with Gasteiger partial charge in [0.05, 0.1) is 0 Å². The van der Waals surface area contributed by atoms with Crippen LogP contribution in [0.15, 0.2) is 0 Å². The first-order valence-corrected chi connectivity index (χ1v) is 16.0. The Morgan fingerprint density at radius 2 is 0.636 bits per heavy atom. The fourth-order valence-corrected chi connectivity index (χ4v) is 10.8. The van der Waals surface area contributed by atoms with Crippen LogP contribution in [0.1, 0.15) is 117 Å². The van der Waals surface area contributed by atoms with Crippen LogP contribution >= 0.6 is 0 Å². The number of rotatable bonds is 18. The van der Waals surface area contributed by atoms with Crippen molar-refractivity contribution in [3.05, 3.63) is 0 Å². The number of hydrogen-bond donors (Lipinski definition) is 0. The van der Waals surface area contributed by atoms with E-state index in [0.717, 1.165) is 0 Å². The SMILES string of the molecule is CCCCCC[CH2][Ga]([CH2]CCCCCC)[CH2]CCCCCC. The summed E-state index contributed by atoms with van der Waals surface area (Å²) < 4.78 is 0. The van der Waals surface area contributed by atoms with Crippen molar-refractivity contribution in [2.75, 3.05) is 0 Å². The van der Waals surface area contributed by atoms with Gasteiger partial charge in [0.25, 0.3) is 0 Å². The zero-order valence-electron chi connectivity index (χ0n) is 16.3. The summed E-state index contributed by atoms with van der Waals surface area (Å²) in [6.45, 7) is 6.98. The molecule has 0 aliphatic carbocycles. The van der Waals surface area contributed by atoms with Crippen molar-refractivity contribution in [1.29, 1.82) is 0 Å². The van der Waals surface area contributed by atoms with Crippen molar-refractivity contribution >= 4 is 16.2 Å². The Hall–Kier alpha value is 0.636. The van der Waals surface area contributed by atoms with Gasteiger partial charge in [-0.2, -0.15) is 0 Å². The normalized spacial score (nSPS) is 11.0. The van der Waals surface area contributed by atoms with Gasteiger partial charge < -0.3 is 0 Å². The molecule has 1 heteroatoms. The Labute approximate surface area is 148 Å². The van der Waals surface area contributed by atoms with Crippen LogP contribution in [0.2, 0.25) is 14.9 Å². The van der Waals surface area contributed by atoms with E-state index in [4.69, 9.17) is 0 Å². The van der Waals surface area contributed by atoms with Crippen LogP contribution < -0.4 is 0 Å². The molecule has 0 unspecified atom stereocenters. The molecule has 0 rings (SSSR count). The molecular formula is C21H45Ga. The van der Waals surface area contributed by atoms with Gasteiger partial charge in [0.1, 0.15) is 0 Å². The van der Waals surface area contributed by atoms with Crippen molar-refractivity contribution in [3.8, 4) is 0 Å². The van der Waals surface area contributed by atoms with Gasteiger partial charge in [-0.15, -0.1) is 0 Å². The van der Waals surface area contributed by atoms with Gasteiger partial charge in [-0.05, 0) is 0 Å². The van der Waals surface area contributed by atoms with Gasteiger partial charge in [-0.3, -0.25) is 0 Å². The Bertz CT molecular complexity index is 157.